The molecule has 0 unspecified atom stereocenters. The number of aromatic nitrogens is 1. The predicted octanol–water partition coefficient (Wildman–Crippen LogP) is 2.85. The summed E-state index contributed by atoms with van der Waals surface area (Å²) in [5, 5.41) is 3.12. The fraction of sp³-hybridized carbons (Fsp3) is 0.200. The zero-order valence-corrected chi connectivity index (χ0v) is 11.9. The summed E-state index contributed by atoms with van der Waals surface area (Å²) in [7, 11) is 0. The van der Waals surface area contributed by atoms with Gasteiger partial charge in [0.15, 0.2) is 0 Å². The Morgan fingerprint density at radius 1 is 1.25 bits per heavy atom. The lowest BCUT2D eigenvalue weighted by atomic mass is 10.2. The highest BCUT2D eigenvalue weighted by Gasteiger charge is 2.04. The van der Waals surface area contributed by atoms with Gasteiger partial charge in [-0.25, -0.2) is 4.98 Å². The van der Waals surface area contributed by atoms with Crippen molar-refractivity contribution in [2.75, 3.05) is 13.2 Å². The van der Waals surface area contributed by atoms with Crippen molar-refractivity contribution >= 4 is 17.5 Å². The van der Waals surface area contributed by atoms with Gasteiger partial charge in [0, 0.05) is 6.20 Å². The molecule has 104 valence electrons. The molecule has 1 aromatic carbocycles. The summed E-state index contributed by atoms with van der Waals surface area (Å²) >= 11 is 5.66. The first kappa shape index (κ1) is 14.3. The number of ether oxygens (including phenoxy) is 1. The summed E-state index contributed by atoms with van der Waals surface area (Å²) in [4.78, 5) is 15.6. The van der Waals surface area contributed by atoms with E-state index in [0.717, 1.165) is 5.75 Å². The van der Waals surface area contributed by atoms with Crippen LogP contribution in [0.3, 0.4) is 0 Å². The van der Waals surface area contributed by atoms with Crippen molar-refractivity contribution in [2.24, 2.45) is 0 Å². The van der Waals surface area contributed by atoms with E-state index < -0.39 is 0 Å². The summed E-state index contributed by atoms with van der Waals surface area (Å²) in [5.74, 6) is 0.597. The van der Waals surface area contributed by atoms with Crippen LogP contribution in [-0.2, 0) is 0 Å². The summed E-state index contributed by atoms with van der Waals surface area (Å²) in [6.45, 7) is 2.86. The Morgan fingerprint density at radius 3 is 2.65 bits per heavy atom. The topological polar surface area (TPSA) is 51.2 Å². The van der Waals surface area contributed by atoms with Crippen LogP contribution in [0.2, 0.25) is 5.15 Å². The van der Waals surface area contributed by atoms with Crippen LogP contribution in [-0.4, -0.2) is 24.0 Å². The van der Waals surface area contributed by atoms with Crippen LogP contribution in [0.5, 0.6) is 5.75 Å². The largest absolute Gasteiger partial charge is 0.492 e. The number of carbonyl (C=O) groups excluding carboxylic acids is 1. The van der Waals surface area contributed by atoms with E-state index in [9.17, 15) is 4.79 Å². The molecule has 0 atom stereocenters. The van der Waals surface area contributed by atoms with Crippen molar-refractivity contribution < 1.29 is 9.53 Å². The molecule has 0 radical (unpaired) electrons. The van der Waals surface area contributed by atoms with Crippen LogP contribution in [0, 0.1) is 6.92 Å². The van der Waals surface area contributed by atoms with Crippen molar-refractivity contribution in [3.05, 3.63) is 58.9 Å². The Labute approximate surface area is 122 Å². The Bertz CT molecular complexity index is 567. The molecule has 5 heteroatoms. The maximum Gasteiger partial charge on any atom is 0.252 e. The van der Waals surface area contributed by atoms with E-state index in [1.807, 2.05) is 31.2 Å². The van der Waals surface area contributed by atoms with Crippen LogP contribution in [0.4, 0.5) is 0 Å². The summed E-state index contributed by atoms with van der Waals surface area (Å²) in [6.07, 6.45) is 1.44. The second-order valence-corrected chi connectivity index (χ2v) is 4.67. The summed E-state index contributed by atoms with van der Waals surface area (Å²) in [6, 6.07) is 11.0. The monoisotopic (exact) mass is 290 g/mol. The van der Waals surface area contributed by atoms with E-state index in [0.29, 0.717) is 23.9 Å². The molecule has 0 saturated heterocycles. The molecule has 4 nitrogen and oxygen atoms in total. The average Bonchev–Trinajstić information content (AvgIpc) is 2.46. The number of amides is 1. The van der Waals surface area contributed by atoms with Crippen molar-refractivity contribution in [1.29, 1.82) is 0 Å². The standard InChI is InChI=1S/C15H15ClN2O2/c1-11-2-5-13(6-3-11)20-9-8-17-15(19)12-4-7-14(16)18-10-12/h2-7,10H,8-9H2,1H3,(H,17,19). The molecule has 1 heterocycles. The Kier molecular flexibility index (Phi) is 4.96. The van der Waals surface area contributed by atoms with Crippen LogP contribution in [0.15, 0.2) is 42.6 Å². The Morgan fingerprint density at radius 2 is 2.00 bits per heavy atom. The number of nitrogens with zero attached hydrogens (tertiary/aromatic N) is 1. The number of pyridine rings is 1. The summed E-state index contributed by atoms with van der Waals surface area (Å²) in [5.41, 5.74) is 1.66. The predicted molar refractivity (Wildman–Crippen MR) is 78.3 cm³/mol. The third kappa shape index (κ3) is 4.24. The van der Waals surface area contributed by atoms with E-state index >= 15 is 0 Å². The maximum atomic E-state index is 11.8. The molecule has 0 bridgehead atoms. The highest BCUT2D eigenvalue weighted by Crippen LogP contribution is 2.10. The Hall–Kier alpha value is -2.07. The molecule has 2 rings (SSSR count). The highest BCUT2D eigenvalue weighted by atomic mass is 35.5. The normalized spacial score (nSPS) is 10.1. The molecule has 1 amide bonds. The van der Waals surface area contributed by atoms with Crippen LogP contribution < -0.4 is 10.1 Å². The molecule has 2 aromatic rings. The third-order valence-corrected chi connectivity index (χ3v) is 2.89. The second kappa shape index (κ2) is 6.91. The second-order valence-electron chi connectivity index (χ2n) is 4.29. The van der Waals surface area contributed by atoms with Gasteiger partial charge < -0.3 is 10.1 Å². The molecule has 20 heavy (non-hydrogen) atoms. The van der Waals surface area contributed by atoms with E-state index in [4.69, 9.17) is 16.3 Å². The molecule has 1 N–H and O–H groups in total. The van der Waals surface area contributed by atoms with Gasteiger partial charge in [-0.2, -0.15) is 0 Å². The fourth-order valence-electron chi connectivity index (χ4n) is 1.58. The number of halogens is 1. The number of nitrogens with one attached hydrogen (secondary N) is 1. The van der Waals surface area contributed by atoms with Crippen LogP contribution in [0.25, 0.3) is 0 Å². The maximum absolute atomic E-state index is 11.8. The molecule has 0 spiro atoms. The zero-order valence-electron chi connectivity index (χ0n) is 11.1. The van der Waals surface area contributed by atoms with E-state index in [1.165, 1.54) is 11.8 Å². The fourth-order valence-corrected chi connectivity index (χ4v) is 1.69. The molecule has 0 aliphatic carbocycles. The lowest BCUT2D eigenvalue weighted by molar-refractivity contribution is 0.0946. The minimum atomic E-state index is -0.193. The van der Waals surface area contributed by atoms with Gasteiger partial charge >= 0.3 is 0 Å². The number of hydrogen-bond donors (Lipinski definition) is 1. The van der Waals surface area contributed by atoms with Crippen molar-refractivity contribution in [3.8, 4) is 5.75 Å². The van der Waals surface area contributed by atoms with E-state index in [-0.39, 0.29) is 5.91 Å². The third-order valence-electron chi connectivity index (χ3n) is 2.67. The van der Waals surface area contributed by atoms with Crippen molar-refractivity contribution in [3.63, 3.8) is 0 Å². The van der Waals surface area contributed by atoms with E-state index in [2.05, 4.69) is 10.3 Å². The lowest BCUT2D eigenvalue weighted by Crippen LogP contribution is -2.28. The molecule has 0 saturated carbocycles. The molecule has 0 aliphatic rings. The minimum absolute atomic E-state index is 0.193. The van der Waals surface area contributed by atoms with Gasteiger partial charge in [0.25, 0.3) is 5.91 Å². The van der Waals surface area contributed by atoms with Gasteiger partial charge in [-0.05, 0) is 31.2 Å². The van der Waals surface area contributed by atoms with Crippen LogP contribution in [0.1, 0.15) is 15.9 Å². The minimum Gasteiger partial charge on any atom is -0.492 e. The smallest absolute Gasteiger partial charge is 0.252 e. The van der Waals surface area contributed by atoms with Gasteiger partial charge in [0.1, 0.15) is 17.5 Å². The number of aryl methyl sites for hydroxylation is 1. The first-order valence-electron chi connectivity index (χ1n) is 6.24. The van der Waals surface area contributed by atoms with Crippen LogP contribution >= 0.6 is 11.6 Å². The number of rotatable bonds is 5. The lowest BCUT2D eigenvalue weighted by Gasteiger charge is -2.08. The summed E-state index contributed by atoms with van der Waals surface area (Å²) < 4.78 is 5.51. The number of carbonyl (C=O) groups is 1. The first-order valence-corrected chi connectivity index (χ1v) is 6.62. The van der Waals surface area contributed by atoms with Gasteiger partial charge in [-0.15, -0.1) is 0 Å². The van der Waals surface area contributed by atoms with Gasteiger partial charge in [-0.1, -0.05) is 29.3 Å². The van der Waals surface area contributed by atoms with E-state index in [1.54, 1.807) is 12.1 Å². The van der Waals surface area contributed by atoms with Crippen molar-refractivity contribution in [2.45, 2.75) is 6.92 Å². The van der Waals surface area contributed by atoms with Gasteiger partial charge in [-0.3, -0.25) is 4.79 Å². The highest BCUT2D eigenvalue weighted by molar-refractivity contribution is 6.29. The quantitative estimate of drug-likeness (QED) is 0.680. The molecule has 0 fully saturated rings. The van der Waals surface area contributed by atoms with Gasteiger partial charge in [0.05, 0.1) is 12.1 Å². The average molecular weight is 291 g/mol. The van der Waals surface area contributed by atoms with Gasteiger partial charge in [0.2, 0.25) is 0 Å². The molecule has 0 aliphatic heterocycles. The van der Waals surface area contributed by atoms with Crippen molar-refractivity contribution in [1.82, 2.24) is 10.3 Å². The number of benzene rings is 1. The molecular weight excluding hydrogens is 276 g/mol. The molecular formula is C15H15ClN2O2. The first-order chi connectivity index (χ1) is 9.65. The zero-order chi connectivity index (χ0) is 14.4. The Balaban J connectivity index is 1.74. The SMILES string of the molecule is Cc1ccc(OCCNC(=O)c2ccc(Cl)nc2)cc1. The molecule has 1 aromatic heterocycles. The number of hydrogen-bond acceptors (Lipinski definition) is 3.